The number of amides is 2. The molecule has 1 aromatic heterocycles. The minimum absolute atomic E-state index is 0.152. The molecule has 1 saturated heterocycles. The molecule has 8 nitrogen and oxygen atoms in total. The van der Waals surface area contributed by atoms with E-state index in [1.54, 1.807) is 11.0 Å². The molecule has 0 aliphatic carbocycles. The van der Waals surface area contributed by atoms with Crippen molar-refractivity contribution in [2.45, 2.75) is 12.2 Å². The molecular formula is C28H23F3N4O4. The van der Waals surface area contributed by atoms with Gasteiger partial charge in [-0.05, 0) is 29.3 Å². The van der Waals surface area contributed by atoms with Gasteiger partial charge < -0.3 is 19.5 Å². The van der Waals surface area contributed by atoms with Gasteiger partial charge in [0.2, 0.25) is 5.82 Å². The van der Waals surface area contributed by atoms with Crippen LogP contribution in [0.5, 0.6) is 0 Å². The monoisotopic (exact) mass is 536 g/mol. The molecule has 1 atom stereocenters. The summed E-state index contributed by atoms with van der Waals surface area (Å²) in [6, 6.07) is 22.4. The fraction of sp³-hybridized carbons (Fsp3) is 0.214. The molecule has 0 bridgehead atoms. The van der Waals surface area contributed by atoms with Gasteiger partial charge in [0.25, 0.3) is 11.8 Å². The first-order valence-electron chi connectivity index (χ1n) is 12.1. The second-order valence-electron chi connectivity index (χ2n) is 8.85. The number of nitrogens with one attached hydrogen (secondary N) is 1. The first kappa shape index (κ1) is 26.1. The number of benzene rings is 3. The number of aromatic nitrogens is 2. The number of carbonyl (C=O) groups excluding carboxylic acids is 2. The maximum Gasteiger partial charge on any atom is 0.471 e. The third-order valence-electron chi connectivity index (χ3n) is 6.30. The summed E-state index contributed by atoms with van der Waals surface area (Å²) in [5.74, 6) is -2.24. The number of nitrogens with zero attached hydrogens (tertiary/aromatic N) is 3. The van der Waals surface area contributed by atoms with Crippen molar-refractivity contribution in [2.24, 2.45) is 0 Å². The average Bonchev–Trinajstić information content (AvgIpc) is 3.48. The third kappa shape index (κ3) is 5.83. The number of hydrogen-bond donors (Lipinski definition) is 1. The van der Waals surface area contributed by atoms with E-state index in [0.717, 1.165) is 11.1 Å². The Morgan fingerprint density at radius 2 is 1.67 bits per heavy atom. The predicted molar refractivity (Wildman–Crippen MR) is 135 cm³/mol. The van der Waals surface area contributed by atoms with E-state index in [0.29, 0.717) is 18.7 Å². The van der Waals surface area contributed by atoms with Crippen LogP contribution < -0.4 is 5.32 Å². The van der Waals surface area contributed by atoms with Crippen molar-refractivity contribution in [1.82, 2.24) is 20.4 Å². The smallest absolute Gasteiger partial charge is 0.377 e. The van der Waals surface area contributed by atoms with Crippen molar-refractivity contribution < 1.29 is 32.0 Å². The lowest BCUT2D eigenvalue weighted by Gasteiger charge is -2.36. The minimum Gasteiger partial charge on any atom is -0.377 e. The maximum atomic E-state index is 13.6. The lowest BCUT2D eigenvalue weighted by atomic mass is 9.98. The van der Waals surface area contributed by atoms with Gasteiger partial charge in [-0.1, -0.05) is 65.8 Å². The van der Waals surface area contributed by atoms with E-state index >= 15 is 0 Å². The second kappa shape index (κ2) is 11.1. The number of ether oxygens (including phenoxy) is 1. The van der Waals surface area contributed by atoms with Gasteiger partial charge >= 0.3 is 12.1 Å². The molecule has 11 heteroatoms. The zero-order valence-electron chi connectivity index (χ0n) is 20.5. The standard InChI is InChI=1S/C28H23F3N4O4/c29-28(30,31)27-33-24(34-39-27)19-10-12-20(13-11-19)25(36)32-16-21-17-38-15-14-35(21)26(37)23-9-5-4-8-22(23)18-6-2-1-3-7-18/h1-13,21H,14-17H2,(H,32,36). The van der Waals surface area contributed by atoms with Crippen LogP contribution in [-0.4, -0.2) is 59.2 Å². The van der Waals surface area contributed by atoms with Crippen LogP contribution in [0.15, 0.2) is 83.4 Å². The topological polar surface area (TPSA) is 97.6 Å². The molecule has 4 aromatic rings. The van der Waals surface area contributed by atoms with Crippen molar-refractivity contribution in [3.05, 3.63) is 95.9 Å². The summed E-state index contributed by atoms with van der Waals surface area (Å²) in [6.45, 7) is 1.18. The molecule has 5 rings (SSSR count). The summed E-state index contributed by atoms with van der Waals surface area (Å²) < 4.78 is 48.0. The number of hydrogen-bond acceptors (Lipinski definition) is 6. The van der Waals surface area contributed by atoms with Crippen molar-refractivity contribution in [1.29, 1.82) is 0 Å². The van der Waals surface area contributed by atoms with Crippen molar-refractivity contribution >= 4 is 11.8 Å². The Hall–Kier alpha value is -4.51. The number of halogens is 3. The lowest BCUT2D eigenvalue weighted by molar-refractivity contribution is -0.159. The van der Waals surface area contributed by atoms with Gasteiger partial charge in [-0.15, -0.1) is 0 Å². The van der Waals surface area contributed by atoms with Crippen LogP contribution in [-0.2, 0) is 10.9 Å². The molecule has 0 saturated carbocycles. The highest BCUT2D eigenvalue weighted by Gasteiger charge is 2.38. The molecule has 3 aromatic carbocycles. The molecule has 1 unspecified atom stereocenters. The second-order valence-corrected chi connectivity index (χ2v) is 8.85. The van der Waals surface area contributed by atoms with Crippen molar-refractivity contribution in [3.63, 3.8) is 0 Å². The Bertz CT molecular complexity index is 1460. The van der Waals surface area contributed by atoms with Crippen LogP contribution in [0.2, 0.25) is 0 Å². The SMILES string of the molecule is O=C(NCC1COCCN1C(=O)c1ccccc1-c1ccccc1)c1ccc(-c2noc(C(F)(F)F)n2)cc1. The highest BCUT2D eigenvalue weighted by molar-refractivity contribution is 6.01. The van der Waals surface area contributed by atoms with Crippen LogP contribution in [0, 0.1) is 0 Å². The maximum absolute atomic E-state index is 13.6. The number of morpholine rings is 1. The van der Waals surface area contributed by atoms with E-state index in [-0.39, 0.29) is 36.0 Å². The van der Waals surface area contributed by atoms with E-state index in [9.17, 15) is 22.8 Å². The summed E-state index contributed by atoms with van der Waals surface area (Å²) >= 11 is 0. The van der Waals surface area contributed by atoms with Crippen LogP contribution in [0.25, 0.3) is 22.5 Å². The van der Waals surface area contributed by atoms with Crippen molar-refractivity contribution in [3.8, 4) is 22.5 Å². The molecule has 1 N–H and O–H groups in total. The van der Waals surface area contributed by atoms with Crippen LogP contribution in [0.1, 0.15) is 26.6 Å². The fourth-order valence-electron chi connectivity index (χ4n) is 4.32. The Morgan fingerprint density at radius 3 is 2.38 bits per heavy atom. The van der Waals surface area contributed by atoms with Gasteiger partial charge in [-0.2, -0.15) is 18.2 Å². The largest absolute Gasteiger partial charge is 0.471 e. The number of carbonyl (C=O) groups is 2. The Morgan fingerprint density at radius 1 is 0.949 bits per heavy atom. The van der Waals surface area contributed by atoms with Crippen molar-refractivity contribution in [2.75, 3.05) is 26.3 Å². The van der Waals surface area contributed by atoms with Gasteiger partial charge in [-0.3, -0.25) is 9.59 Å². The third-order valence-corrected chi connectivity index (χ3v) is 6.30. The zero-order valence-corrected chi connectivity index (χ0v) is 20.5. The normalized spacial score (nSPS) is 15.7. The van der Waals surface area contributed by atoms with Gasteiger partial charge in [0.05, 0.1) is 19.3 Å². The first-order valence-corrected chi connectivity index (χ1v) is 12.1. The van der Waals surface area contributed by atoms with Gasteiger partial charge in [0.1, 0.15) is 0 Å². The fourth-order valence-corrected chi connectivity index (χ4v) is 4.32. The van der Waals surface area contributed by atoms with Crippen LogP contribution in [0.4, 0.5) is 13.2 Å². The summed E-state index contributed by atoms with van der Waals surface area (Å²) in [4.78, 5) is 31.5. The number of alkyl halides is 3. The molecule has 1 aliphatic heterocycles. The summed E-state index contributed by atoms with van der Waals surface area (Å²) in [7, 11) is 0. The molecular weight excluding hydrogens is 513 g/mol. The van der Waals surface area contributed by atoms with E-state index in [4.69, 9.17) is 4.74 Å². The predicted octanol–water partition coefficient (Wildman–Crippen LogP) is 4.69. The minimum atomic E-state index is -4.74. The first-order chi connectivity index (χ1) is 18.8. The highest BCUT2D eigenvalue weighted by Crippen LogP contribution is 2.29. The van der Waals surface area contributed by atoms with Crippen LogP contribution in [0.3, 0.4) is 0 Å². The lowest BCUT2D eigenvalue weighted by Crippen LogP contribution is -2.53. The molecule has 2 heterocycles. The highest BCUT2D eigenvalue weighted by atomic mass is 19.4. The molecule has 0 radical (unpaired) electrons. The summed E-state index contributed by atoms with van der Waals surface area (Å²) in [5, 5.41) is 6.17. The Kier molecular flexibility index (Phi) is 7.42. The quantitative estimate of drug-likeness (QED) is 0.384. The molecule has 0 spiro atoms. The van der Waals surface area contributed by atoms with E-state index in [2.05, 4.69) is 20.0 Å². The zero-order chi connectivity index (χ0) is 27.4. The Labute approximate surface area is 221 Å². The van der Waals surface area contributed by atoms with Gasteiger partial charge in [-0.25, -0.2) is 0 Å². The van der Waals surface area contributed by atoms with Crippen LogP contribution >= 0.6 is 0 Å². The van der Waals surface area contributed by atoms with E-state index < -0.39 is 24.0 Å². The number of rotatable bonds is 6. The van der Waals surface area contributed by atoms with Gasteiger partial charge in [0.15, 0.2) is 0 Å². The molecule has 1 fully saturated rings. The van der Waals surface area contributed by atoms with E-state index in [1.165, 1.54) is 24.3 Å². The van der Waals surface area contributed by atoms with E-state index in [1.807, 2.05) is 48.5 Å². The Balaban J connectivity index is 1.26. The molecule has 39 heavy (non-hydrogen) atoms. The summed E-state index contributed by atoms with van der Waals surface area (Å²) in [5.41, 5.74) is 2.86. The summed E-state index contributed by atoms with van der Waals surface area (Å²) in [6.07, 6.45) is -4.74. The molecule has 2 amide bonds. The molecule has 1 aliphatic rings. The average molecular weight is 537 g/mol. The van der Waals surface area contributed by atoms with Gasteiger partial charge in [0, 0.05) is 29.8 Å². The molecule has 200 valence electrons.